The predicted molar refractivity (Wildman–Crippen MR) is 75.9 cm³/mol. The minimum atomic E-state index is -0.0337. The normalized spacial score (nSPS) is 19.8. The highest BCUT2D eigenvalue weighted by molar-refractivity contribution is 4.91. The summed E-state index contributed by atoms with van der Waals surface area (Å²) in [4.78, 5) is 0. The maximum Gasteiger partial charge on any atom is 0.0752 e. The van der Waals surface area contributed by atoms with E-state index >= 15 is 0 Å². The minimum Gasteiger partial charge on any atom is -0.380 e. The van der Waals surface area contributed by atoms with E-state index in [9.17, 15) is 0 Å². The van der Waals surface area contributed by atoms with Gasteiger partial charge in [0.05, 0.1) is 11.7 Å². The summed E-state index contributed by atoms with van der Waals surface area (Å²) in [6.45, 7) is 7.60. The van der Waals surface area contributed by atoms with Crippen molar-refractivity contribution in [2.24, 2.45) is 5.92 Å². The van der Waals surface area contributed by atoms with Crippen LogP contribution in [0.4, 0.5) is 0 Å². The second-order valence-corrected chi connectivity index (χ2v) is 6.10. The summed E-state index contributed by atoms with van der Waals surface area (Å²) in [5.41, 5.74) is -0.0337. The summed E-state index contributed by atoms with van der Waals surface area (Å²) >= 11 is 0. The molecule has 3 heteroatoms. The second-order valence-electron chi connectivity index (χ2n) is 6.10. The zero-order valence-corrected chi connectivity index (χ0v) is 12.8. The predicted octanol–water partition coefficient (Wildman–Crippen LogP) is 2.98. The Hall–Kier alpha value is -0.120. The molecule has 0 bridgehead atoms. The highest BCUT2D eigenvalue weighted by Crippen LogP contribution is 2.36. The van der Waals surface area contributed by atoms with Crippen LogP contribution in [-0.2, 0) is 9.47 Å². The zero-order valence-electron chi connectivity index (χ0n) is 12.8. The van der Waals surface area contributed by atoms with Gasteiger partial charge in [-0.1, -0.05) is 6.92 Å². The van der Waals surface area contributed by atoms with Crippen LogP contribution in [-0.4, -0.2) is 38.5 Å². The van der Waals surface area contributed by atoms with Crippen molar-refractivity contribution in [2.75, 3.05) is 20.8 Å². The molecule has 1 rings (SSSR count). The average molecular weight is 257 g/mol. The Labute approximate surface area is 113 Å². The first kappa shape index (κ1) is 15.9. The van der Waals surface area contributed by atoms with E-state index in [0.717, 1.165) is 25.3 Å². The molecule has 3 nitrogen and oxygen atoms in total. The van der Waals surface area contributed by atoms with Crippen molar-refractivity contribution in [3.8, 4) is 0 Å². The van der Waals surface area contributed by atoms with Crippen LogP contribution in [0.25, 0.3) is 0 Å². The molecule has 1 N–H and O–H groups in total. The van der Waals surface area contributed by atoms with Crippen LogP contribution in [0.1, 0.15) is 52.9 Å². The van der Waals surface area contributed by atoms with E-state index < -0.39 is 0 Å². The first-order valence-electron chi connectivity index (χ1n) is 7.35. The van der Waals surface area contributed by atoms with Crippen LogP contribution in [0.15, 0.2) is 0 Å². The summed E-state index contributed by atoms with van der Waals surface area (Å²) in [6.07, 6.45) is 6.40. The summed E-state index contributed by atoms with van der Waals surface area (Å²) in [6, 6.07) is 0.469. The summed E-state index contributed by atoms with van der Waals surface area (Å²) in [5, 5.41) is 3.66. The molecule has 0 spiro atoms. The van der Waals surface area contributed by atoms with Crippen molar-refractivity contribution in [2.45, 2.75) is 70.6 Å². The van der Waals surface area contributed by atoms with Gasteiger partial charge in [-0.2, -0.15) is 0 Å². The van der Waals surface area contributed by atoms with E-state index in [0.29, 0.717) is 12.1 Å². The third-order valence-electron chi connectivity index (χ3n) is 4.02. The van der Waals surface area contributed by atoms with E-state index in [1.807, 2.05) is 7.11 Å². The molecule has 108 valence electrons. The van der Waals surface area contributed by atoms with Crippen LogP contribution < -0.4 is 5.32 Å². The molecular weight excluding hydrogens is 226 g/mol. The molecule has 0 aromatic rings. The van der Waals surface area contributed by atoms with Crippen LogP contribution in [0.5, 0.6) is 0 Å². The minimum absolute atomic E-state index is 0.0337. The second kappa shape index (κ2) is 7.46. The van der Waals surface area contributed by atoms with Gasteiger partial charge >= 0.3 is 0 Å². The number of hydrogen-bond donors (Lipinski definition) is 1. The van der Waals surface area contributed by atoms with Gasteiger partial charge < -0.3 is 14.8 Å². The number of nitrogens with one attached hydrogen (secondary N) is 1. The molecule has 0 aliphatic heterocycles. The lowest BCUT2D eigenvalue weighted by molar-refractivity contribution is -0.000884. The molecule has 1 fully saturated rings. The average Bonchev–Trinajstić information content (AvgIpc) is 3.17. The lowest BCUT2D eigenvalue weighted by Gasteiger charge is -2.31. The maximum atomic E-state index is 5.73. The van der Waals surface area contributed by atoms with Crippen molar-refractivity contribution < 1.29 is 9.47 Å². The lowest BCUT2D eigenvalue weighted by Crippen LogP contribution is -2.43. The molecule has 0 aromatic carbocycles. The summed E-state index contributed by atoms with van der Waals surface area (Å²) in [7, 11) is 3.65. The molecule has 1 aliphatic rings. The van der Waals surface area contributed by atoms with Gasteiger partial charge in [0.1, 0.15) is 0 Å². The fraction of sp³-hybridized carbons (Fsp3) is 1.00. The Morgan fingerprint density at radius 3 is 2.39 bits per heavy atom. The Bertz CT molecular complexity index is 227. The van der Waals surface area contributed by atoms with Gasteiger partial charge in [0.25, 0.3) is 0 Å². The standard InChI is InChI=1S/C15H31NO2/c1-6-11-16-13(9-10-15(2,3)18-5)14(17-4)12-7-8-12/h12-14,16H,6-11H2,1-5H3. The highest BCUT2D eigenvalue weighted by atomic mass is 16.5. The van der Waals surface area contributed by atoms with Gasteiger partial charge in [-0.15, -0.1) is 0 Å². The van der Waals surface area contributed by atoms with Gasteiger partial charge in [-0.25, -0.2) is 0 Å². The quantitative estimate of drug-likeness (QED) is 0.652. The third-order valence-corrected chi connectivity index (χ3v) is 4.02. The van der Waals surface area contributed by atoms with Crippen molar-refractivity contribution in [3.63, 3.8) is 0 Å². The Morgan fingerprint density at radius 1 is 1.28 bits per heavy atom. The van der Waals surface area contributed by atoms with Gasteiger partial charge in [-0.3, -0.25) is 0 Å². The molecule has 0 amide bonds. The first-order valence-corrected chi connectivity index (χ1v) is 7.35. The number of ether oxygens (including phenoxy) is 2. The van der Waals surface area contributed by atoms with Crippen molar-refractivity contribution in [1.29, 1.82) is 0 Å². The largest absolute Gasteiger partial charge is 0.380 e. The fourth-order valence-electron chi connectivity index (χ4n) is 2.43. The summed E-state index contributed by atoms with van der Waals surface area (Å²) < 4.78 is 11.2. The molecule has 2 unspecified atom stereocenters. The number of methoxy groups -OCH3 is 2. The van der Waals surface area contributed by atoms with Gasteiger partial charge in [0, 0.05) is 20.3 Å². The first-order chi connectivity index (χ1) is 8.54. The SMILES string of the molecule is CCCNC(CCC(C)(C)OC)C(OC)C1CC1. The lowest BCUT2D eigenvalue weighted by atomic mass is 9.94. The molecule has 0 aromatic heterocycles. The highest BCUT2D eigenvalue weighted by Gasteiger charge is 2.37. The van der Waals surface area contributed by atoms with E-state index in [1.165, 1.54) is 19.3 Å². The third kappa shape index (κ3) is 5.25. The zero-order chi connectivity index (χ0) is 13.6. The van der Waals surface area contributed by atoms with Crippen LogP contribution in [0.2, 0.25) is 0 Å². The van der Waals surface area contributed by atoms with Crippen molar-refractivity contribution >= 4 is 0 Å². The number of rotatable bonds is 10. The Morgan fingerprint density at radius 2 is 1.94 bits per heavy atom. The van der Waals surface area contributed by atoms with E-state index in [2.05, 4.69) is 26.1 Å². The van der Waals surface area contributed by atoms with Crippen LogP contribution in [0.3, 0.4) is 0 Å². The molecule has 18 heavy (non-hydrogen) atoms. The monoisotopic (exact) mass is 257 g/mol. The molecule has 1 saturated carbocycles. The number of hydrogen-bond acceptors (Lipinski definition) is 3. The smallest absolute Gasteiger partial charge is 0.0752 e. The van der Waals surface area contributed by atoms with E-state index in [1.54, 1.807) is 7.11 Å². The van der Waals surface area contributed by atoms with Gasteiger partial charge in [0.15, 0.2) is 0 Å². The van der Waals surface area contributed by atoms with Crippen molar-refractivity contribution in [3.05, 3.63) is 0 Å². The van der Waals surface area contributed by atoms with E-state index in [4.69, 9.17) is 9.47 Å². The van der Waals surface area contributed by atoms with Crippen molar-refractivity contribution in [1.82, 2.24) is 5.32 Å². The topological polar surface area (TPSA) is 30.5 Å². The van der Waals surface area contributed by atoms with Crippen LogP contribution >= 0.6 is 0 Å². The van der Waals surface area contributed by atoms with Gasteiger partial charge in [0.2, 0.25) is 0 Å². The molecule has 0 heterocycles. The Balaban J connectivity index is 2.48. The van der Waals surface area contributed by atoms with Crippen LogP contribution in [0, 0.1) is 5.92 Å². The molecule has 0 saturated heterocycles. The van der Waals surface area contributed by atoms with E-state index in [-0.39, 0.29) is 5.60 Å². The molecule has 0 radical (unpaired) electrons. The summed E-state index contributed by atoms with van der Waals surface area (Å²) in [5.74, 6) is 0.773. The van der Waals surface area contributed by atoms with Gasteiger partial charge in [-0.05, 0) is 58.4 Å². The Kier molecular flexibility index (Phi) is 6.61. The molecular formula is C15H31NO2. The fourth-order valence-corrected chi connectivity index (χ4v) is 2.43. The molecule has 2 atom stereocenters. The maximum absolute atomic E-state index is 5.73. The molecule has 1 aliphatic carbocycles.